The lowest BCUT2D eigenvalue weighted by Gasteiger charge is -2.28. The van der Waals surface area contributed by atoms with Gasteiger partial charge in [0.15, 0.2) is 0 Å². The van der Waals surface area contributed by atoms with Crippen LogP contribution >= 0.6 is 15.9 Å². The number of carbonyl (C=O) groups excluding carboxylic acids is 1. The molecule has 0 spiro atoms. The first-order valence-corrected chi connectivity index (χ1v) is 4.60. The Bertz CT molecular complexity index is 138. The highest BCUT2D eigenvalue weighted by atomic mass is 79.9. The molecule has 0 aromatic heterocycles. The van der Waals surface area contributed by atoms with Crippen molar-refractivity contribution in [1.29, 1.82) is 0 Å². The summed E-state index contributed by atoms with van der Waals surface area (Å²) in [6.07, 6.45) is 2.13. The van der Waals surface area contributed by atoms with Crippen LogP contribution in [0.4, 0.5) is 0 Å². The van der Waals surface area contributed by atoms with Crippen LogP contribution in [-0.4, -0.2) is 28.7 Å². The third-order valence-corrected chi connectivity index (χ3v) is 2.70. The number of hydrogen-bond donors (Lipinski definition) is 0. The number of halogens is 1. The zero-order valence-electron chi connectivity index (χ0n) is 6.14. The third kappa shape index (κ3) is 1.51. The molecular weight excluding hydrogens is 194 g/mol. The number of piperidine rings is 1. The molecule has 0 aromatic carbocycles. The molecule has 1 aliphatic rings. The highest BCUT2D eigenvalue weighted by Gasteiger charge is 2.24. The summed E-state index contributed by atoms with van der Waals surface area (Å²) in [4.78, 5) is 13.2. The Morgan fingerprint density at radius 3 is 3.00 bits per heavy atom. The van der Waals surface area contributed by atoms with Gasteiger partial charge in [-0.05, 0) is 19.8 Å². The van der Waals surface area contributed by atoms with E-state index in [0.29, 0.717) is 0 Å². The molecule has 3 heteroatoms. The van der Waals surface area contributed by atoms with Gasteiger partial charge in [0.1, 0.15) is 0 Å². The topological polar surface area (TPSA) is 20.3 Å². The normalized spacial score (nSPS) is 27.2. The summed E-state index contributed by atoms with van der Waals surface area (Å²) in [6.45, 7) is 3.81. The van der Waals surface area contributed by atoms with Crippen molar-refractivity contribution in [3.8, 4) is 0 Å². The SMILES string of the molecule is CCN1CCCC(Br)C1=O. The average Bonchev–Trinajstić information content (AvgIpc) is 1.95. The number of carbonyl (C=O) groups is 1. The fourth-order valence-electron chi connectivity index (χ4n) is 1.21. The van der Waals surface area contributed by atoms with E-state index in [4.69, 9.17) is 0 Å². The van der Waals surface area contributed by atoms with Gasteiger partial charge in [0.2, 0.25) is 5.91 Å². The summed E-state index contributed by atoms with van der Waals surface area (Å²) in [7, 11) is 0. The van der Waals surface area contributed by atoms with Crippen LogP contribution in [0.2, 0.25) is 0 Å². The van der Waals surface area contributed by atoms with E-state index in [1.54, 1.807) is 0 Å². The molecule has 1 atom stereocenters. The molecule has 0 aliphatic carbocycles. The lowest BCUT2D eigenvalue weighted by Crippen LogP contribution is -2.41. The number of hydrogen-bond acceptors (Lipinski definition) is 1. The van der Waals surface area contributed by atoms with Crippen molar-refractivity contribution in [2.75, 3.05) is 13.1 Å². The molecule has 1 unspecified atom stereocenters. The molecule has 1 fully saturated rings. The Kier molecular flexibility index (Phi) is 2.72. The first-order valence-electron chi connectivity index (χ1n) is 3.68. The van der Waals surface area contributed by atoms with Gasteiger partial charge in [-0.2, -0.15) is 0 Å². The summed E-state index contributed by atoms with van der Waals surface area (Å²) in [5.74, 6) is 0.258. The Morgan fingerprint density at radius 2 is 2.50 bits per heavy atom. The second-order valence-corrected chi connectivity index (χ2v) is 3.63. The van der Waals surface area contributed by atoms with Crippen molar-refractivity contribution in [3.05, 3.63) is 0 Å². The molecule has 0 saturated carbocycles. The molecule has 58 valence electrons. The lowest BCUT2D eigenvalue weighted by molar-refractivity contribution is -0.132. The van der Waals surface area contributed by atoms with Crippen LogP contribution in [0.25, 0.3) is 0 Å². The number of likely N-dealkylation sites (tertiary alicyclic amines) is 1. The van der Waals surface area contributed by atoms with Crippen molar-refractivity contribution in [2.24, 2.45) is 0 Å². The minimum atomic E-state index is 0.0844. The molecule has 0 bridgehead atoms. The van der Waals surface area contributed by atoms with E-state index in [1.165, 1.54) is 0 Å². The second kappa shape index (κ2) is 3.37. The van der Waals surface area contributed by atoms with E-state index < -0.39 is 0 Å². The standard InChI is InChI=1S/C7H12BrNO/c1-2-9-5-3-4-6(8)7(9)10/h6H,2-5H2,1H3. The maximum absolute atomic E-state index is 11.2. The van der Waals surface area contributed by atoms with E-state index in [1.807, 2.05) is 11.8 Å². The van der Waals surface area contributed by atoms with Gasteiger partial charge in [0, 0.05) is 13.1 Å². The average molecular weight is 206 g/mol. The Hall–Kier alpha value is -0.0500. The zero-order valence-corrected chi connectivity index (χ0v) is 7.73. The highest BCUT2D eigenvalue weighted by Crippen LogP contribution is 2.17. The molecule has 1 amide bonds. The maximum Gasteiger partial charge on any atom is 0.236 e. The number of alkyl halides is 1. The van der Waals surface area contributed by atoms with Crippen molar-refractivity contribution < 1.29 is 4.79 Å². The smallest absolute Gasteiger partial charge is 0.236 e. The molecular formula is C7H12BrNO. The van der Waals surface area contributed by atoms with Crippen molar-refractivity contribution in [1.82, 2.24) is 4.90 Å². The van der Waals surface area contributed by atoms with E-state index in [-0.39, 0.29) is 10.7 Å². The molecule has 1 saturated heterocycles. The Balaban J connectivity index is 2.51. The minimum absolute atomic E-state index is 0.0844. The van der Waals surface area contributed by atoms with Gasteiger partial charge in [-0.15, -0.1) is 0 Å². The van der Waals surface area contributed by atoms with Crippen LogP contribution in [0.5, 0.6) is 0 Å². The van der Waals surface area contributed by atoms with Crippen LogP contribution in [0.1, 0.15) is 19.8 Å². The predicted molar refractivity (Wildman–Crippen MR) is 44.2 cm³/mol. The molecule has 1 aliphatic heterocycles. The van der Waals surface area contributed by atoms with Crippen LogP contribution in [0.3, 0.4) is 0 Å². The molecule has 1 heterocycles. The third-order valence-electron chi connectivity index (χ3n) is 1.85. The molecule has 0 N–H and O–H groups in total. The summed E-state index contributed by atoms with van der Waals surface area (Å²) in [5.41, 5.74) is 0. The summed E-state index contributed by atoms with van der Waals surface area (Å²) >= 11 is 3.34. The summed E-state index contributed by atoms with van der Waals surface area (Å²) in [6, 6.07) is 0. The first-order chi connectivity index (χ1) is 4.75. The van der Waals surface area contributed by atoms with E-state index in [9.17, 15) is 4.79 Å². The Morgan fingerprint density at radius 1 is 1.80 bits per heavy atom. The highest BCUT2D eigenvalue weighted by molar-refractivity contribution is 9.10. The molecule has 0 radical (unpaired) electrons. The predicted octanol–water partition coefficient (Wildman–Crippen LogP) is 1.39. The van der Waals surface area contributed by atoms with Gasteiger partial charge in [-0.1, -0.05) is 15.9 Å². The van der Waals surface area contributed by atoms with E-state index >= 15 is 0 Å². The van der Waals surface area contributed by atoms with Crippen molar-refractivity contribution in [2.45, 2.75) is 24.6 Å². The zero-order chi connectivity index (χ0) is 7.56. The van der Waals surface area contributed by atoms with Gasteiger partial charge in [-0.3, -0.25) is 4.79 Å². The van der Waals surface area contributed by atoms with Gasteiger partial charge >= 0.3 is 0 Å². The molecule has 0 aromatic rings. The number of amides is 1. The lowest BCUT2D eigenvalue weighted by atomic mass is 10.1. The van der Waals surface area contributed by atoms with Gasteiger partial charge < -0.3 is 4.90 Å². The van der Waals surface area contributed by atoms with Crippen LogP contribution < -0.4 is 0 Å². The Labute approximate surface area is 69.7 Å². The first kappa shape index (κ1) is 8.05. The monoisotopic (exact) mass is 205 g/mol. The second-order valence-electron chi connectivity index (χ2n) is 2.53. The van der Waals surface area contributed by atoms with Gasteiger partial charge in [0.05, 0.1) is 4.83 Å². The quantitative estimate of drug-likeness (QED) is 0.593. The summed E-state index contributed by atoms with van der Waals surface area (Å²) < 4.78 is 0. The van der Waals surface area contributed by atoms with E-state index in [2.05, 4.69) is 15.9 Å². The minimum Gasteiger partial charge on any atom is -0.342 e. The molecule has 10 heavy (non-hydrogen) atoms. The van der Waals surface area contributed by atoms with Crippen LogP contribution in [-0.2, 0) is 4.79 Å². The fourth-order valence-corrected chi connectivity index (χ4v) is 1.82. The number of rotatable bonds is 1. The summed E-state index contributed by atoms with van der Waals surface area (Å²) in [5, 5.41) is 0. The van der Waals surface area contributed by atoms with Crippen LogP contribution in [0.15, 0.2) is 0 Å². The van der Waals surface area contributed by atoms with Gasteiger partial charge in [0.25, 0.3) is 0 Å². The molecule has 2 nitrogen and oxygen atoms in total. The van der Waals surface area contributed by atoms with Crippen molar-refractivity contribution >= 4 is 21.8 Å². The molecule has 1 rings (SSSR count). The van der Waals surface area contributed by atoms with Crippen molar-refractivity contribution in [3.63, 3.8) is 0 Å². The maximum atomic E-state index is 11.2. The van der Waals surface area contributed by atoms with E-state index in [0.717, 1.165) is 25.9 Å². The largest absolute Gasteiger partial charge is 0.342 e. The fraction of sp³-hybridized carbons (Fsp3) is 0.857. The van der Waals surface area contributed by atoms with Crippen LogP contribution in [0, 0.1) is 0 Å². The number of nitrogens with zero attached hydrogens (tertiary/aromatic N) is 1. The van der Waals surface area contributed by atoms with Gasteiger partial charge in [-0.25, -0.2) is 0 Å².